The van der Waals surface area contributed by atoms with Gasteiger partial charge in [-0.05, 0) is 27.2 Å². The molecule has 1 aromatic heterocycles. The number of nitrogens with one attached hydrogen (secondary N) is 1. The second kappa shape index (κ2) is 6.69. The molecule has 112 valence electrons. The summed E-state index contributed by atoms with van der Waals surface area (Å²) in [6.45, 7) is 8.15. The zero-order chi connectivity index (χ0) is 14.5. The van der Waals surface area contributed by atoms with Gasteiger partial charge in [-0.15, -0.1) is 0 Å². The summed E-state index contributed by atoms with van der Waals surface area (Å²) in [7, 11) is 1.98. The van der Waals surface area contributed by atoms with Gasteiger partial charge >= 0.3 is 6.01 Å². The zero-order valence-electron chi connectivity index (χ0n) is 12.6. The van der Waals surface area contributed by atoms with E-state index in [0.29, 0.717) is 30.6 Å². The lowest BCUT2D eigenvalue weighted by Gasteiger charge is -2.23. The van der Waals surface area contributed by atoms with Crippen LogP contribution in [0.4, 0.5) is 11.9 Å². The summed E-state index contributed by atoms with van der Waals surface area (Å²) < 4.78 is 11.0. The normalized spacial score (nSPS) is 18.4. The van der Waals surface area contributed by atoms with Gasteiger partial charge < -0.3 is 19.7 Å². The van der Waals surface area contributed by atoms with Crippen molar-refractivity contribution < 1.29 is 9.47 Å². The monoisotopic (exact) mass is 281 g/mol. The van der Waals surface area contributed by atoms with Crippen LogP contribution in [0.3, 0.4) is 0 Å². The lowest BCUT2D eigenvalue weighted by Crippen LogP contribution is -2.33. The van der Waals surface area contributed by atoms with Crippen LogP contribution < -0.4 is 15.0 Å². The highest BCUT2D eigenvalue weighted by molar-refractivity contribution is 5.38. The third-order valence-electron chi connectivity index (χ3n) is 3.05. The summed E-state index contributed by atoms with van der Waals surface area (Å²) in [5.41, 5.74) is 0. The van der Waals surface area contributed by atoms with Gasteiger partial charge in [0.1, 0.15) is 0 Å². The molecule has 1 atom stereocenters. The molecule has 0 spiro atoms. The quantitative estimate of drug-likeness (QED) is 0.843. The van der Waals surface area contributed by atoms with Crippen molar-refractivity contribution in [1.82, 2.24) is 15.0 Å². The van der Waals surface area contributed by atoms with Crippen LogP contribution >= 0.6 is 0 Å². The lowest BCUT2D eigenvalue weighted by molar-refractivity contribution is 0.193. The maximum atomic E-state index is 5.59. The van der Waals surface area contributed by atoms with E-state index in [-0.39, 0.29) is 6.10 Å². The van der Waals surface area contributed by atoms with E-state index < -0.39 is 0 Å². The molecule has 1 saturated heterocycles. The van der Waals surface area contributed by atoms with Crippen molar-refractivity contribution in [2.75, 3.05) is 37.0 Å². The van der Waals surface area contributed by atoms with Gasteiger partial charge in [0.05, 0.1) is 18.8 Å². The number of nitrogens with zero attached hydrogens (tertiary/aromatic N) is 4. The molecular formula is C13H23N5O2. The fourth-order valence-corrected chi connectivity index (χ4v) is 2.00. The Labute approximate surface area is 119 Å². The fourth-order valence-electron chi connectivity index (χ4n) is 2.00. The highest BCUT2D eigenvalue weighted by Gasteiger charge is 2.23. The first-order valence-electron chi connectivity index (χ1n) is 7.07. The molecule has 1 N–H and O–H groups in total. The first kappa shape index (κ1) is 14.8. The van der Waals surface area contributed by atoms with Crippen LogP contribution in [-0.4, -0.2) is 53.9 Å². The van der Waals surface area contributed by atoms with Crippen LogP contribution in [-0.2, 0) is 4.74 Å². The summed E-state index contributed by atoms with van der Waals surface area (Å²) in [4.78, 5) is 15.1. The molecule has 0 saturated carbocycles. The minimum absolute atomic E-state index is 0.0276. The predicted molar refractivity (Wildman–Crippen MR) is 77.4 cm³/mol. The maximum absolute atomic E-state index is 5.59. The summed E-state index contributed by atoms with van der Waals surface area (Å²) in [5, 5.41) is 3.11. The Morgan fingerprint density at radius 3 is 2.80 bits per heavy atom. The molecule has 0 aliphatic carbocycles. The van der Waals surface area contributed by atoms with Crippen LogP contribution in [0.5, 0.6) is 6.01 Å². The van der Waals surface area contributed by atoms with E-state index in [9.17, 15) is 0 Å². The van der Waals surface area contributed by atoms with Gasteiger partial charge in [0.2, 0.25) is 11.9 Å². The van der Waals surface area contributed by atoms with Crippen LogP contribution in [0.25, 0.3) is 0 Å². The molecule has 1 aromatic rings. The van der Waals surface area contributed by atoms with Gasteiger partial charge in [0, 0.05) is 20.2 Å². The van der Waals surface area contributed by atoms with E-state index in [2.05, 4.69) is 20.3 Å². The topological polar surface area (TPSA) is 72.4 Å². The average Bonchev–Trinajstić information content (AvgIpc) is 2.91. The molecule has 2 rings (SSSR count). The van der Waals surface area contributed by atoms with Gasteiger partial charge in [0.15, 0.2) is 0 Å². The Balaban J connectivity index is 2.22. The molecule has 1 unspecified atom stereocenters. The Hall–Kier alpha value is -1.63. The molecule has 0 amide bonds. The molecule has 0 aromatic carbocycles. The van der Waals surface area contributed by atoms with Crippen molar-refractivity contribution in [2.24, 2.45) is 0 Å². The predicted octanol–water partition coefficient (Wildman–Crippen LogP) is 1.32. The first-order valence-corrected chi connectivity index (χ1v) is 7.07. The first-order chi connectivity index (χ1) is 9.60. The second-order valence-corrected chi connectivity index (χ2v) is 5.07. The molecule has 1 aliphatic rings. The maximum Gasteiger partial charge on any atom is 0.323 e. The minimum atomic E-state index is 0.0276. The van der Waals surface area contributed by atoms with Crippen LogP contribution in [0.1, 0.15) is 27.2 Å². The molecule has 1 aliphatic heterocycles. The van der Waals surface area contributed by atoms with Gasteiger partial charge in [0.25, 0.3) is 0 Å². The van der Waals surface area contributed by atoms with Crippen LogP contribution in [0, 0.1) is 0 Å². The summed E-state index contributed by atoms with van der Waals surface area (Å²) in [6.07, 6.45) is 1.01. The number of hydrogen-bond acceptors (Lipinski definition) is 7. The third kappa shape index (κ3) is 3.69. The fraction of sp³-hybridized carbons (Fsp3) is 0.769. The Morgan fingerprint density at radius 2 is 2.20 bits per heavy atom. The summed E-state index contributed by atoms with van der Waals surface area (Å²) >= 11 is 0. The standard InChI is InChI=1S/C13H23N5O2/c1-5-14-11-15-12(17-13(16-11)20-9(2)3)18(4)10-6-7-19-8-10/h9-10H,5-8H2,1-4H3,(H,14,15,16,17). The van der Waals surface area contributed by atoms with Crippen LogP contribution in [0.2, 0.25) is 0 Å². The van der Waals surface area contributed by atoms with Gasteiger partial charge in [-0.3, -0.25) is 0 Å². The SMILES string of the molecule is CCNc1nc(OC(C)C)nc(N(C)C2CCOC2)n1. The highest BCUT2D eigenvalue weighted by atomic mass is 16.5. The Bertz CT molecular complexity index is 435. The summed E-state index contributed by atoms with van der Waals surface area (Å²) in [5.74, 6) is 1.15. The number of likely N-dealkylation sites (N-methyl/N-ethyl adjacent to an activating group) is 1. The van der Waals surface area contributed by atoms with E-state index >= 15 is 0 Å². The molecule has 7 nitrogen and oxygen atoms in total. The number of aromatic nitrogens is 3. The molecule has 1 fully saturated rings. The van der Waals surface area contributed by atoms with Crippen molar-refractivity contribution in [3.8, 4) is 6.01 Å². The van der Waals surface area contributed by atoms with E-state index in [1.807, 2.05) is 32.7 Å². The second-order valence-electron chi connectivity index (χ2n) is 5.07. The molecule has 0 radical (unpaired) electrons. The van der Waals surface area contributed by atoms with Crippen LogP contribution in [0.15, 0.2) is 0 Å². The van der Waals surface area contributed by atoms with Gasteiger partial charge in [-0.25, -0.2) is 0 Å². The van der Waals surface area contributed by atoms with Crippen molar-refractivity contribution in [3.63, 3.8) is 0 Å². The van der Waals surface area contributed by atoms with Crippen molar-refractivity contribution in [1.29, 1.82) is 0 Å². The van der Waals surface area contributed by atoms with Crippen molar-refractivity contribution in [2.45, 2.75) is 39.3 Å². The van der Waals surface area contributed by atoms with Gasteiger partial charge in [-0.1, -0.05) is 0 Å². The molecule has 0 bridgehead atoms. The smallest absolute Gasteiger partial charge is 0.323 e. The number of rotatable bonds is 6. The average molecular weight is 281 g/mol. The van der Waals surface area contributed by atoms with E-state index in [1.54, 1.807) is 0 Å². The third-order valence-corrected chi connectivity index (χ3v) is 3.05. The van der Waals surface area contributed by atoms with E-state index in [1.165, 1.54) is 0 Å². The Kier molecular flexibility index (Phi) is 4.94. The lowest BCUT2D eigenvalue weighted by atomic mass is 10.2. The zero-order valence-corrected chi connectivity index (χ0v) is 12.6. The molecular weight excluding hydrogens is 258 g/mol. The van der Waals surface area contributed by atoms with Gasteiger partial charge in [-0.2, -0.15) is 15.0 Å². The molecule has 20 heavy (non-hydrogen) atoms. The van der Waals surface area contributed by atoms with E-state index in [0.717, 1.165) is 19.6 Å². The summed E-state index contributed by atoms with van der Waals surface area (Å²) in [6, 6.07) is 0.658. The van der Waals surface area contributed by atoms with E-state index in [4.69, 9.17) is 9.47 Å². The highest BCUT2D eigenvalue weighted by Crippen LogP contribution is 2.20. The molecule has 7 heteroatoms. The number of anilines is 2. The Morgan fingerprint density at radius 1 is 1.40 bits per heavy atom. The van der Waals surface area contributed by atoms with Crippen molar-refractivity contribution >= 4 is 11.9 Å². The molecule has 2 heterocycles. The number of ether oxygens (including phenoxy) is 2. The van der Waals surface area contributed by atoms with Crippen molar-refractivity contribution in [3.05, 3.63) is 0 Å². The largest absolute Gasteiger partial charge is 0.461 e. The number of hydrogen-bond donors (Lipinski definition) is 1. The minimum Gasteiger partial charge on any atom is -0.461 e.